The molecule has 7 nitrogen and oxygen atoms in total. The maximum absolute atomic E-state index is 14.2. The highest BCUT2D eigenvalue weighted by atomic mass is 19.1. The number of aromatic nitrogens is 3. The van der Waals surface area contributed by atoms with Gasteiger partial charge in [0.2, 0.25) is 0 Å². The van der Waals surface area contributed by atoms with E-state index >= 15 is 0 Å². The molecule has 2 aromatic heterocycles. The van der Waals surface area contributed by atoms with Gasteiger partial charge in [0, 0.05) is 40.4 Å². The Labute approximate surface area is 231 Å². The second kappa shape index (κ2) is 11.1. The van der Waals surface area contributed by atoms with Crippen molar-refractivity contribution in [2.75, 3.05) is 13.2 Å². The summed E-state index contributed by atoms with van der Waals surface area (Å²) < 4.78 is 28.2. The first-order valence-corrected chi connectivity index (χ1v) is 13.9. The lowest BCUT2D eigenvalue weighted by atomic mass is 9.97. The predicted octanol–water partition coefficient (Wildman–Crippen LogP) is 6.91. The molecule has 206 valence electrons. The van der Waals surface area contributed by atoms with Gasteiger partial charge in [-0.1, -0.05) is 49.4 Å². The third-order valence-electron chi connectivity index (χ3n) is 7.73. The Morgan fingerprint density at radius 1 is 1.10 bits per heavy atom. The summed E-state index contributed by atoms with van der Waals surface area (Å²) in [5, 5.41) is 20.3. The molecule has 0 atom stereocenters. The molecular weight excluding hydrogens is 509 g/mol. The predicted molar refractivity (Wildman–Crippen MR) is 152 cm³/mol. The first-order valence-electron chi connectivity index (χ1n) is 13.9. The van der Waals surface area contributed by atoms with E-state index in [2.05, 4.69) is 23.2 Å². The lowest BCUT2D eigenvalue weighted by Crippen LogP contribution is -2.12. The van der Waals surface area contributed by atoms with Gasteiger partial charge in [-0.3, -0.25) is 5.10 Å². The normalized spacial score (nSPS) is 13.8. The van der Waals surface area contributed by atoms with Crippen LogP contribution in [-0.2, 0) is 30.7 Å². The Kier molecular flexibility index (Phi) is 7.26. The molecule has 0 aliphatic carbocycles. The molecular formula is C32H32FN3O4. The molecule has 0 spiro atoms. The zero-order chi connectivity index (χ0) is 27.6. The van der Waals surface area contributed by atoms with Crippen molar-refractivity contribution in [3.8, 4) is 16.9 Å². The fraction of sp³-hybridized carbons (Fsp3) is 0.312. The fourth-order valence-electron chi connectivity index (χ4n) is 5.95. The van der Waals surface area contributed by atoms with E-state index in [4.69, 9.17) is 9.47 Å². The highest BCUT2D eigenvalue weighted by molar-refractivity contribution is 6.04. The summed E-state index contributed by atoms with van der Waals surface area (Å²) in [5.74, 6) is -0.593. The number of hydrogen-bond acceptors (Lipinski definition) is 4. The van der Waals surface area contributed by atoms with Crippen molar-refractivity contribution in [1.29, 1.82) is 0 Å². The van der Waals surface area contributed by atoms with E-state index in [1.807, 2.05) is 28.8 Å². The first kappa shape index (κ1) is 26.1. The number of hydrogen-bond donors (Lipinski definition) is 2. The van der Waals surface area contributed by atoms with Crippen LogP contribution in [0.5, 0.6) is 5.75 Å². The second-order valence-corrected chi connectivity index (χ2v) is 10.2. The number of aromatic amines is 1. The summed E-state index contributed by atoms with van der Waals surface area (Å²) in [6, 6.07) is 16.4. The molecule has 0 amide bonds. The lowest BCUT2D eigenvalue weighted by molar-refractivity contribution is 0.0683. The van der Waals surface area contributed by atoms with Crippen molar-refractivity contribution < 1.29 is 23.8 Å². The van der Waals surface area contributed by atoms with Crippen LogP contribution in [0, 0.1) is 5.82 Å². The number of aromatic carboxylic acids is 1. The van der Waals surface area contributed by atoms with Gasteiger partial charge >= 0.3 is 5.97 Å². The largest absolute Gasteiger partial charge is 0.493 e. The van der Waals surface area contributed by atoms with Gasteiger partial charge in [-0.25, -0.2) is 9.18 Å². The molecule has 6 rings (SSSR count). The fourth-order valence-corrected chi connectivity index (χ4v) is 5.95. The van der Waals surface area contributed by atoms with Gasteiger partial charge in [-0.15, -0.1) is 0 Å². The van der Waals surface area contributed by atoms with Gasteiger partial charge in [0.25, 0.3) is 0 Å². The third kappa shape index (κ3) is 4.62. The molecule has 8 heteroatoms. The van der Waals surface area contributed by atoms with E-state index in [9.17, 15) is 14.3 Å². The number of H-pyrrole nitrogens is 1. The van der Waals surface area contributed by atoms with Crippen LogP contribution in [0.4, 0.5) is 4.39 Å². The number of nitrogens with zero attached hydrogens (tertiary/aromatic N) is 2. The Morgan fingerprint density at radius 3 is 2.75 bits per heavy atom. The monoisotopic (exact) mass is 541 g/mol. The minimum absolute atomic E-state index is 0.282. The number of benzene rings is 3. The molecule has 3 heterocycles. The SMILES string of the molecule is CCc1n[nH]c2c1-c1cccc3c(CCCOc4cccc5c(F)cccc45)c(C(=O)O)n(c13)CCCCOC2. The van der Waals surface area contributed by atoms with Gasteiger partial charge in [-0.05, 0) is 49.8 Å². The summed E-state index contributed by atoms with van der Waals surface area (Å²) in [6.07, 6.45) is 3.54. The quantitative estimate of drug-likeness (QED) is 0.219. The first-order chi connectivity index (χ1) is 19.6. The molecule has 2 N–H and O–H groups in total. The number of rotatable bonds is 7. The summed E-state index contributed by atoms with van der Waals surface area (Å²) >= 11 is 0. The molecule has 0 unspecified atom stereocenters. The van der Waals surface area contributed by atoms with Gasteiger partial charge in [0.15, 0.2) is 0 Å². The van der Waals surface area contributed by atoms with Crippen LogP contribution in [0.15, 0.2) is 54.6 Å². The van der Waals surface area contributed by atoms with E-state index in [1.165, 1.54) is 6.07 Å². The second-order valence-electron chi connectivity index (χ2n) is 10.2. The maximum atomic E-state index is 14.2. The summed E-state index contributed by atoms with van der Waals surface area (Å²) in [4.78, 5) is 12.7. The van der Waals surface area contributed by atoms with Crippen LogP contribution < -0.4 is 4.74 Å². The van der Waals surface area contributed by atoms with Crippen molar-refractivity contribution in [2.24, 2.45) is 0 Å². The Bertz CT molecular complexity index is 1700. The average Bonchev–Trinajstić information content (AvgIpc) is 3.51. The molecule has 0 saturated heterocycles. The zero-order valence-corrected chi connectivity index (χ0v) is 22.5. The Balaban J connectivity index is 1.38. The van der Waals surface area contributed by atoms with Crippen LogP contribution in [0.2, 0.25) is 0 Å². The van der Waals surface area contributed by atoms with Gasteiger partial charge in [-0.2, -0.15) is 5.10 Å². The molecule has 1 aliphatic rings. The van der Waals surface area contributed by atoms with Crippen LogP contribution in [-0.4, -0.2) is 39.1 Å². The van der Waals surface area contributed by atoms with Crippen molar-refractivity contribution in [3.63, 3.8) is 0 Å². The van der Waals surface area contributed by atoms with Crippen molar-refractivity contribution in [1.82, 2.24) is 14.8 Å². The highest BCUT2D eigenvalue weighted by Gasteiger charge is 2.26. The highest BCUT2D eigenvalue weighted by Crippen LogP contribution is 2.38. The standard InChI is InChI=1S/C32H32FN3O4/c1-2-26-29-24-12-5-11-22-23(13-8-18-40-28-15-7-9-20-21(28)10-6-14-25(20)33)31(32(37)38)36(30(22)24)16-3-4-17-39-19-27(29)35-34-26/h5-7,9-12,14-15H,2-4,8,13,16-19H2,1H3,(H,34,35)(H,37,38). The smallest absolute Gasteiger partial charge is 0.352 e. The third-order valence-corrected chi connectivity index (χ3v) is 7.73. The molecule has 40 heavy (non-hydrogen) atoms. The average molecular weight is 542 g/mol. The van der Waals surface area contributed by atoms with E-state index in [-0.39, 0.29) is 5.82 Å². The van der Waals surface area contributed by atoms with Crippen LogP contribution >= 0.6 is 0 Å². The number of ether oxygens (including phenoxy) is 2. The molecule has 1 aliphatic heterocycles. The van der Waals surface area contributed by atoms with Crippen LogP contribution in [0.1, 0.15) is 53.6 Å². The molecule has 0 bridgehead atoms. The maximum Gasteiger partial charge on any atom is 0.352 e. The summed E-state index contributed by atoms with van der Waals surface area (Å²) in [7, 11) is 0. The molecule has 0 fully saturated rings. The van der Waals surface area contributed by atoms with E-state index in [0.29, 0.717) is 56.0 Å². The number of halogens is 1. The van der Waals surface area contributed by atoms with E-state index in [1.54, 1.807) is 18.2 Å². The number of nitrogens with one attached hydrogen (secondary N) is 1. The summed E-state index contributed by atoms with van der Waals surface area (Å²) in [5.41, 5.74) is 5.91. The molecule has 0 saturated carbocycles. The summed E-state index contributed by atoms with van der Waals surface area (Å²) in [6.45, 7) is 4.08. The Morgan fingerprint density at radius 2 is 1.90 bits per heavy atom. The topological polar surface area (TPSA) is 89.4 Å². The number of para-hydroxylation sites is 1. The Hall–Kier alpha value is -4.17. The minimum atomic E-state index is -0.933. The number of fused-ring (bicyclic) bond motifs is 3. The van der Waals surface area contributed by atoms with Gasteiger partial charge in [0.1, 0.15) is 17.3 Å². The lowest BCUT2D eigenvalue weighted by Gasteiger charge is -2.12. The number of carboxylic acid groups (broad SMARTS) is 1. The van der Waals surface area contributed by atoms with Crippen molar-refractivity contribution >= 4 is 27.6 Å². The number of carbonyl (C=O) groups is 1. The number of aryl methyl sites for hydroxylation is 3. The van der Waals surface area contributed by atoms with Crippen molar-refractivity contribution in [2.45, 2.75) is 52.2 Å². The zero-order valence-electron chi connectivity index (χ0n) is 22.5. The number of carboxylic acids is 1. The van der Waals surface area contributed by atoms with Crippen LogP contribution in [0.3, 0.4) is 0 Å². The van der Waals surface area contributed by atoms with E-state index < -0.39 is 5.97 Å². The molecule has 0 radical (unpaired) electrons. The molecule has 5 aromatic rings. The van der Waals surface area contributed by atoms with E-state index in [0.717, 1.165) is 63.6 Å². The van der Waals surface area contributed by atoms with Gasteiger partial charge < -0.3 is 19.1 Å². The van der Waals surface area contributed by atoms with Crippen LogP contribution in [0.25, 0.3) is 32.8 Å². The molecule has 3 aromatic carbocycles. The van der Waals surface area contributed by atoms with Gasteiger partial charge in [0.05, 0.1) is 30.1 Å². The van der Waals surface area contributed by atoms with Crippen molar-refractivity contribution in [3.05, 3.63) is 83.1 Å². The minimum Gasteiger partial charge on any atom is -0.493 e.